The number of halogens is 1. The fourth-order valence-electron chi connectivity index (χ4n) is 3.34. The summed E-state index contributed by atoms with van der Waals surface area (Å²) in [5.74, 6) is 1.72. The summed E-state index contributed by atoms with van der Waals surface area (Å²) in [6.45, 7) is 6.06. The molecule has 164 valence electrons. The third-order valence-corrected chi connectivity index (χ3v) is 6.22. The van der Waals surface area contributed by atoms with Gasteiger partial charge in [-0.2, -0.15) is 5.10 Å². The number of morpholine rings is 1. The van der Waals surface area contributed by atoms with Gasteiger partial charge in [-0.25, -0.2) is 14.6 Å². The highest BCUT2D eigenvalue weighted by Crippen LogP contribution is 2.28. The van der Waals surface area contributed by atoms with Crippen LogP contribution in [0, 0.1) is 0 Å². The van der Waals surface area contributed by atoms with Crippen molar-refractivity contribution in [1.82, 2.24) is 25.1 Å². The molecular weight excluding hydrogens is 436 g/mol. The van der Waals surface area contributed by atoms with Gasteiger partial charge >= 0.3 is 0 Å². The Bertz CT molecular complexity index is 1040. The molecule has 0 radical (unpaired) electrons. The van der Waals surface area contributed by atoms with Gasteiger partial charge in [0.05, 0.1) is 31.3 Å². The van der Waals surface area contributed by atoms with Crippen LogP contribution in [0.4, 0.5) is 5.82 Å². The summed E-state index contributed by atoms with van der Waals surface area (Å²) in [6, 6.07) is 6.83. The number of ether oxygens (including phenoxy) is 1. The number of nitrogens with one attached hydrogen (secondary N) is 1. The number of hydrogen-bond acceptors (Lipinski definition) is 7. The Balaban J connectivity index is 1.52. The van der Waals surface area contributed by atoms with Gasteiger partial charge in [-0.1, -0.05) is 30.3 Å². The summed E-state index contributed by atoms with van der Waals surface area (Å²) in [7, 11) is 0. The van der Waals surface area contributed by atoms with E-state index in [0.717, 1.165) is 47.3 Å². The monoisotopic (exact) mass is 460 g/mol. The summed E-state index contributed by atoms with van der Waals surface area (Å²) >= 11 is 7.54. The van der Waals surface area contributed by atoms with Gasteiger partial charge in [0.1, 0.15) is 5.82 Å². The lowest BCUT2D eigenvalue weighted by Gasteiger charge is -2.28. The van der Waals surface area contributed by atoms with E-state index in [1.54, 1.807) is 36.0 Å². The summed E-state index contributed by atoms with van der Waals surface area (Å²) in [4.78, 5) is 24.2. The van der Waals surface area contributed by atoms with E-state index in [0.29, 0.717) is 36.9 Å². The Morgan fingerprint density at radius 2 is 2.00 bits per heavy atom. The molecule has 1 aliphatic heterocycles. The first-order chi connectivity index (χ1) is 15.2. The molecule has 0 saturated carbocycles. The Morgan fingerprint density at radius 3 is 2.74 bits per heavy atom. The number of amides is 1. The van der Waals surface area contributed by atoms with Gasteiger partial charge in [0.15, 0.2) is 10.8 Å². The van der Waals surface area contributed by atoms with Crippen LogP contribution in [0.15, 0.2) is 35.6 Å². The molecule has 1 aromatic carbocycles. The normalized spacial score (nSPS) is 14.2. The molecule has 10 heteroatoms. The predicted molar refractivity (Wildman–Crippen MR) is 123 cm³/mol. The van der Waals surface area contributed by atoms with Crippen LogP contribution < -0.4 is 10.2 Å². The lowest BCUT2D eigenvalue weighted by Crippen LogP contribution is -2.37. The summed E-state index contributed by atoms with van der Waals surface area (Å²) in [6.07, 6.45) is 2.87. The number of rotatable bonds is 8. The van der Waals surface area contributed by atoms with Gasteiger partial charge < -0.3 is 15.0 Å². The van der Waals surface area contributed by atoms with Crippen LogP contribution in [0.25, 0.3) is 11.0 Å². The number of carbonyl (C=O) groups excluding carboxylic acids is 1. The minimum absolute atomic E-state index is 0.143. The summed E-state index contributed by atoms with van der Waals surface area (Å²) in [5, 5.41) is 9.74. The Hall–Kier alpha value is -2.36. The van der Waals surface area contributed by atoms with E-state index in [-0.39, 0.29) is 5.91 Å². The number of thioether (sulfide) groups is 1. The van der Waals surface area contributed by atoms with Crippen molar-refractivity contribution in [3.8, 4) is 0 Å². The zero-order valence-electron chi connectivity index (χ0n) is 17.4. The summed E-state index contributed by atoms with van der Waals surface area (Å²) < 4.78 is 7.33. The zero-order valence-corrected chi connectivity index (χ0v) is 19.0. The average Bonchev–Trinajstić information content (AvgIpc) is 3.21. The molecule has 3 heterocycles. The van der Waals surface area contributed by atoms with E-state index in [4.69, 9.17) is 26.3 Å². The van der Waals surface area contributed by atoms with Gasteiger partial charge in [0, 0.05) is 36.0 Å². The number of anilines is 1. The minimum atomic E-state index is -0.143. The molecule has 1 aliphatic rings. The van der Waals surface area contributed by atoms with Crippen LogP contribution in [0.1, 0.15) is 23.7 Å². The molecule has 1 saturated heterocycles. The van der Waals surface area contributed by atoms with Crippen LogP contribution in [0.5, 0.6) is 0 Å². The molecule has 2 aromatic heterocycles. The second kappa shape index (κ2) is 10.3. The summed E-state index contributed by atoms with van der Waals surface area (Å²) in [5.41, 5.74) is 1.36. The highest BCUT2D eigenvalue weighted by atomic mass is 35.5. The minimum Gasteiger partial charge on any atom is -0.378 e. The van der Waals surface area contributed by atoms with Crippen LogP contribution in [-0.2, 0) is 11.3 Å². The van der Waals surface area contributed by atoms with E-state index in [2.05, 4.69) is 22.2 Å². The first-order valence-electron chi connectivity index (χ1n) is 10.4. The molecule has 1 amide bonds. The SMILES string of the molecule is CCCSc1nc(N2CCOCC2)c2cnn(CCNC(=O)c3ccc(Cl)cc3)c2n1. The number of hydrogen-bond donors (Lipinski definition) is 1. The number of benzene rings is 1. The molecule has 0 aliphatic carbocycles. The third-order valence-electron chi connectivity index (χ3n) is 4.92. The van der Waals surface area contributed by atoms with Crippen molar-refractivity contribution in [3.05, 3.63) is 41.0 Å². The lowest BCUT2D eigenvalue weighted by atomic mass is 10.2. The number of carbonyl (C=O) groups is 1. The molecule has 4 rings (SSSR count). The second-order valence-corrected chi connectivity index (χ2v) is 8.64. The van der Waals surface area contributed by atoms with Gasteiger partial charge in [0.25, 0.3) is 5.91 Å². The van der Waals surface area contributed by atoms with Gasteiger partial charge in [0.2, 0.25) is 0 Å². The molecule has 1 fully saturated rings. The number of aromatic nitrogens is 4. The van der Waals surface area contributed by atoms with Gasteiger partial charge in [-0.15, -0.1) is 0 Å². The number of nitrogens with zero attached hydrogens (tertiary/aromatic N) is 5. The molecule has 31 heavy (non-hydrogen) atoms. The van der Waals surface area contributed by atoms with Crippen molar-refractivity contribution in [2.45, 2.75) is 25.0 Å². The quantitative estimate of drug-likeness (QED) is 0.408. The zero-order chi connectivity index (χ0) is 21.6. The van der Waals surface area contributed by atoms with E-state index in [9.17, 15) is 4.79 Å². The molecular formula is C21H25ClN6O2S. The Labute approximate surface area is 190 Å². The third kappa shape index (κ3) is 5.28. The van der Waals surface area contributed by atoms with Crippen molar-refractivity contribution < 1.29 is 9.53 Å². The van der Waals surface area contributed by atoms with Crippen LogP contribution in [-0.4, -0.2) is 64.3 Å². The van der Waals surface area contributed by atoms with Crippen molar-refractivity contribution >= 4 is 46.1 Å². The molecule has 3 aromatic rings. The van der Waals surface area contributed by atoms with Crippen molar-refractivity contribution in [2.75, 3.05) is 43.5 Å². The molecule has 0 bridgehead atoms. The van der Waals surface area contributed by atoms with Gasteiger partial charge in [-0.05, 0) is 30.7 Å². The Morgan fingerprint density at radius 1 is 1.23 bits per heavy atom. The fourth-order valence-corrected chi connectivity index (χ4v) is 4.15. The molecule has 1 N–H and O–H groups in total. The molecule has 8 nitrogen and oxygen atoms in total. The van der Waals surface area contributed by atoms with Crippen LogP contribution in [0.2, 0.25) is 5.02 Å². The maximum atomic E-state index is 12.3. The lowest BCUT2D eigenvalue weighted by molar-refractivity contribution is 0.0952. The van der Waals surface area contributed by atoms with Crippen molar-refractivity contribution in [1.29, 1.82) is 0 Å². The predicted octanol–water partition coefficient (Wildman–Crippen LogP) is 3.25. The standard InChI is InChI=1S/C21H25ClN6O2S/c1-2-13-31-21-25-18(27-9-11-30-12-10-27)17-14-24-28(19(17)26-21)8-7-23-20(29)15-3-5-16(22)6-4-15/h3-6,14H,2,7-13H2,1H3,(H,23,29). The molecule has 0 spiro atoms. The maximum absolute atomic E-state index is 12.3. The number of fused-ring (bicyclic) bond motifs is 1. The van der Waals surface area contributed by atoms with Gasteiger partial charge in [-0.3, -0.25) is 4.79 Å². The topological polar surface area (TPSA) is 85.2 Å². The van der Waals surface area contributed by atoms with E-state index in [1.807, 2.05) is 10.9 Å². The second-order valence-electron chi connectivity index (χ2n) is 7.15. The van der Waals surface area contributed by atoms with E-state index in [1.165, 1.54) is 0 Å². The highest BCUT2D eigenvalue weighted by Gasteiger charge is 2.20. The van der Waals surface area contributed by atoms with E-state index < -0.39 is 0 Å². The Kier molecular flexibility index (Phi) is 7.26. The molecule has 0 atom stereocenters. The van der Waals surface area contributed by atoms with Crippen LogP contribution in [0.3, 0.4) is 0 Å². The first-order valence-corrected chi connectivity index (χ1v) is 11.7. The first kappa shape index (κ1) is 21.9. The van der Waals surface area contributed by atoms with Crippen LogP contribution >= 0.6 is 23.4 Å². The highest BCUT2D eigenvalue weighted by molar-refractivity contribution is 7.99. The maximum Gasteiger partial charge on any atom is 0.251 e. The van der Waals surface area contributed by atoms with Crippen molar-refractivity contribution in [2.24, 2.45) is 0 Å². The van der Waals surface area contributed by atoms with E-state index >= 15 is 0 Å². The smallest absolute Gasteiger partial charge is 0.251 e. The van der Waals surface area contributed by atoms with Crippen molar-refractivity contribution in [3.63, 3.8) is 0 Å². The largest absolute Gasteiger partial charge is 0.378 e. The average molecular weight is 461 g/mol. The fraction of sp³-hybridized carbons (Fsp3) is 0.429. The molecule has 0 unspecified atom stereocenters.